The van der Waals surface area contributed by atoms with Gasteiger partial charge in [0.05, 0.1) is 7.11 Å². The summed E-state index contributed by atoms with van der Waals surface area (Å²) < 4.78 is 5.45. The Labute approximate surface area is 135 Å². The molecule has 22 heavy (non-hydrogen) atoms. The molecular formula is C18H21NO2S. The average molecular weight is 315 g/mol. The second kappa shape index (κ2) is 5.00. The fourth-order valence-electron chi connectivity index (χ4n) is 4.00. The van der Waals surface area contributed by atoms with E-state index in [9.17, 15) is 5.11 Å². The maximum absolute atomic E-state index is 10.0. The molecule has 1 aromatic heterocycles. The largest absolute Gasteiger partial charge is 0.504 e. The maximum atomic E-state index is 10.0. The summed E-state index contributed by atoms with van der Waals surface area (Å²) in [5.74, 6) is 0.903. The van der Waals surface area contributed by atoms with Gasteiger partial charge >= 0.3 is 0 Å². The topological polar surface area (TPSA) is 32.7 Å². The fourth-order valence-corrected chi connectivity index (χ4v) is 5.23. The van der Waals surface area contributed by atoms with Crippen molar-refractivity contribution in [1.29, 1.82) is 0 Å². The second-order valence-corrected chi connectivity index (χ2v) is 7.63. The quantitative estimate of drug-likeness (QED) is 0.870. The van der Waals surface area contributed by atoms with Crippen molar-refractivity contribution < 1.29 is 9.84 Å². The zero-order valence-electron chi connectivity index (χ0n) is 13.3. The molecule has 3 nitrogen and oxygen atoms in total. The monoisotopic (exact) mass is 315 g/mol. The molecular weight excluding hydrogens is 294 g/mol. The second-order valence-electron chi connectivity index (χ2n) is 6.32. The molecule has 2 aliphatic rings. The summed E-state index contributed by atoms with van der Waals surface area (Å²) in [6, 6.07) is 4.31. The van der Waals surface area contributed by atoms with E-state index in [0.29, 0.717) is 11.8 Å². The fraction of sp³-hybridized carbons (Fsp3) is 0.444. The first-order valence-electron chi connectivity index (χ1n) is 7.80. The van der Waals surface area contributed by atoms with Gasteiger partial charge in [0.25, 0.3) is 0 Å². The van der Waals surface area contributed by atoms with Crippen LogP contribution in [0, 0.1) is 13.8 Å². The number of hydrogen-bond donors (Lipinski definition) is 1. The Morgan fingerprint density at radius 2 is 2.14 bits per heavy atom. The first-order chi connectivity index (χ1) is 10.6. The number of hydrogen-bond acceptors (Lipinski definition) is 4. The van der Waals surface area contributed by atoms with Gasteiger partial charge in [0, 0.05) is 34.4 Å². The summed E-state index contributed by atoms with van der Waals surface area (Å²) in [6.45, 7) is 6.46. The molecule has 0 aliphatic carbocycles. The average Bonchev–Trinajstić information content (AvgIpc) is 2.81. The molecule has 1 unspecified atom stereocenters. The Morgan fingerprint density at radius 3 is 2.91 bits per heavy atom. The van der Waals surface area contributed by atoms with E-state index in [1.165, 1.54) is 16.0 Å². The molecule has 0 amide bonds. The predicted molar refractivity (Wildman–Crippen MR) is 89.0 cm³/mol. The van der Waals surface area contributed by atoms with E-state index in [0.717, 1.165) is 31.5 Å². The molecule has 2 aromatic rings. The number of aryl methyl sites for hydroxylation is 1. The minimum absolute atomic E-state index is 0.250. The van der Waals surface area contributed by atoms with Crippen LogP contribution in [0.1, 0.15) is 38.0 Å². The van der Waals surface area contributed by atoms with Gasteiger partial charge in [-0.3, -0.25) is 4.90 Å². The van der Waals surface area contributed by atoms with Crippen LogP contribution in [0.25, 0.3) is 0 Å². The molecule has 116 valence electrons. The SMILES string of the molecule is COc1c(O)ccc2c1CN1CCc3sc(C)c(C)c3C1C2. The van der Waals surface area contributed by atoms with E-state index in [1.54, 1.807) is 23.6 Å². The number of ether oxygens (including phenoxy) is 1. The third-order valence-electron chi connectivity index (χ3n) is 5.22. The van der Waals surface area contributed by atoms with Gasteiger partial charge in [-0.1, -0.05) is 6.07 Å². The van der Waals surface area contributed by atoms with E-state index in [1.807, 2.05) is 11.3 Å². The van der Waals surface area contributed by atoms with Gasteiger partial charge in [0.15, 0.2) is 11.5 Å². The Hall–Kier alpha value is -1.52. The highest BCUT2D eigenvalue weighted by Crippen LogP contribution is 2.46. The lowest BCUT2D eigenvalue weighted by Gasteiger charge is -2.41. The van der Waals surface area contributed by atoms with E-state index in [4.69, 9.17) is 4.74 Å². The molecule has 0 spiro atoms. The summed E-state index contributed by atoms with van der Waals surface area (Å²) in [7, 11) is 1.64. The number of rotatable bonds is 1. The Morgan fingerprint density at radius 1 is 1.32 bits per heavy atom. The number of thiophene rings is 1. The first kappa shape index (κ1) is 14.1. The summed E-state index contributed by atoms with van der Waals surface area (Å²) in [6.07, 6.45) is 2.15. The third-order valence-corrected chi connectivity index (χ3v) is 6.51. The summed E-state index contributed by atoms with van der Waals surface area (Å²) in [4.78, 5) is 5.58. The number of phenols is 1. The van der Waals surface area contributed by atoms with Crippen molar-refractivity contribution in [3.8, 4) is 11.5 Å². The smallest absolute Gasteiger partial charge is 0.165 e. The van der Waals surface area contributed by atoms with E-state index in [-0.39, 0.29) is 5.75 Å². The van der Waals surface area contributed by atoms with Crippen molar-refractivity contribution in [3.05, 3.63) is 44.1 Å². The van der Waals surface area contributed by atoms with Crippen LogP contribution in [0.4, 0.5) is 0 Å². The van der Waals surface area contributed by atoms with Crippen molar-refractivity contribution in [1.82, 2.24) is 4.90 Å². The minimum Gasteiger partial charge on any atom is -0.504 e. The first-order valence-corrected chi connectivity index (χ1v) is 8.62. The Kier molecular flexibility index (Phi) is 3.20. The van der Waals surface area contributed by atoms with Crippen molar-refractivity contribution in [2.75, 3.05) is 13.7 Å². The molecule has 0 radical (unpaired) electrons. The maximum Gasteiger partial charge on any atom is 0.165 e. The van der Waals surface area contributed by atoms with Gasteiger partial charge in [-0.25, -0.2) is 0 Å². The lowest BCUT2D eigenvalue weighted by atomic mass is 9.85. The number of nitrogens with zero attached hydrogens (tertiary/aromatic N) is 1. The highest BCUT2D eigenvalue weighted by Gasteiger charge is 2.36. The normalized spacial score (nSPS) is 20.2. The Balaban J connectivity index is 1.81. The highest BCUT2D eigenvalue weighted by molar-refractivity contribution is 7.12. The number of fused-ring (bicyclic) bond motifs is 4. The molecule has 0 saturated carbocycles. The lowest BCUT2D eigenvalue weighted by Crippen LogP contribution is -2.39. The van der Waals surface area contributed by atoms with Crippen molar-refractivity contribution >= 4 is 11.3 Å². The minimum atomic E-state index is 0.250. The van der Waals surface area contributed by atoms with Crippen LogP contribution < -0.4 is 4.74 Å². The van der Waals surface area contributed by atoms with E-state index in [2.05, 4.69) is 24.8 Å². The summed E-state index contributed by atoms with van der Waals surface area (Å²) in [5.41, 5.74) is 5.51. The number of methoxy groups -OCH3 is 1. The van der Waals surface area contributed by atoms with Gasteiger partial charge in [0.2, 0.25) is 0 Å². The lowest BCUT2D eigenvalue weighted by molar-refractivity contribution is 0.159. The van der Waals surface area contributed by atoms with Crippen molar-refractivity contribution in [3.63, 3.8) is 0 Å². The van der Waals surface area contributed by atoms with Gasteiger partial charge < -0.3 is 9.84 Å². The molecule has 0 saturated heterocycles. The van der Waals surface area contributed by atoms with Crippen molar-refractivity contribution in [2.24, 2.45) is 0 Å². The molecule has 3 heterocycles. The molecule has 2 aliphatic heterocycles. The molecule has 0 fully saturated rings. The van der Waals surface area contributed by atoms with Crippen LogP contribution in [0.3, 0.4) is 0 Å². The summed E-state index contributed by atoms with van der Waals surface area (Å²) in [5, 5.41) is 10.0. The van der Waals surface area contributed by atoms with Gasteiger partial charge in [-0.2, -0.15) is 0 Å². The van der Waals surface area contributed by atoms with E-state index < -0.39 is 0 Å². The van der Waals surface area contributed by atoms with E-state index >= 15 is 0 Å². The van der Waals surface area contributed by atoms with Crippen LogP contribution in [-0.2, 0) is 19.4 Å². The zero-order chi connectivity index (χ0) is 15.4. The van der Waals surface area contributed by atoms with Gasteiger partial charge in [0.1, 0.15) is 0 Å². The molecule has 4 rings (SSSR count). The standard InChI is InChI=1S/C18H21NO2S/c1-10-11(2)22-16-6-7-19-9-13-12(8-14(19)17(10)16)4-5-15(20)18(13)21-3/h4-5,14,20H,6-9H2,1-3H3. The Bertz CT molecular complexity index is 750. The number of benzene rings is 1. The highest BCUT2D eigenvalue weighted by atomic mass is 32.1. The summed E-state index contributed by atoms with van der Waals surface area (Å²) >= 11 is 1.97. The van der Waals surface area contributed by atoms with Gasteiger partial charge in [-0.15, -0.1) is 11.3 Å². The molecule has 1 atom stereocenters. The number of phenolic OH excluding ortho intramolecular Hbond substituents is 1. The molecule has 1 N–H and O–H groups in total. The molecule has 0 bridgehead atoms. The van der Waals surface area contributed by atoms with Crippen LogP contribution in [0.2, 0.25) is 0 Å². The van der Waals surface area contributed by atoms with Crippen molar-refractivity contribution in [2.45, 2.75) is 39.3 Å². The molecule has 4 heteroatoms. The van der Waals surface area contributed by atoms with Crippen LogP contribution >= 0.6 is 11.3 Å². The van der Waals surface area contributed by atoms with Gasteiger partial charge in [-0.05, 0) is 49.4 Å². The number of aromatic hydroxyl groups is 1. The van der Waals surface area contributed by atoms with Crippen LogP contribution in [0.15, 0.2) is 12.1 Å². The van der Waals surface area contributed by atoms with Crippen LogP contribution in [0.5, 0.6) is 11.5 Å². The predicted octanol–water partition coefficient (Wildman–Crippen LogP) is 3.73. The third kappa shape index (κ3) is 1.90. The van der Waals surface area contributed by atoms with Crippen LogP contribution in [-0.4, -0.2) is 23.7 Å². The molecule has 1 aromatic carbocycles. The zero-order valence-corrected chi connectivity index (χ0v) is 14.1.